The molecule has 8 nitrogen and oxygen atoms in total. The van der Waals surface area contributed by atoms with E-state index in [1.54, 1.807) is 30.3 Å². The molecule has 0 unspecified atom stereocenters. The largest absolute Gasteiger partial charge is 1.00 e. The monoisotopic (exact) mass is 486 g/mol. The Morgan fingerprint density at radius 1 is 1.26 bits per heavy atom. The van der Waals surface area contributed by atoms with E-state index in [9.17, 15) is 10.1 Å². The van der Waals surface area contributed by atoms with Gasteiger partial charge in [-0.05, 0) is 50.1 Å². The first kappa shape index (κ1) is 23.4. The molecule has 2 aromatic carbocycles. The number of aromatic nitrogens is 2. The number of nitrogens with one attached hydrogen (secondary N) is 1. The molecule has 0 atom stereocenters. The van der Waals surface area contributed by atoms with Crippen LogP contribution in [0.2, 0.25) is 0 Å². The number of hydrogen-bond donors (Lipinski definition) is 0. The van der Waals surface area contributed by atoms with Gasteiger partial charge in [0.25, 0.3) is 5.89 Å². The molecule has 31 heavy (non-hydrogen) atoms. The molecule has 0 saturated heterocycles. The van der Waals surface area contributed by atoms with Crippen LogP contribution in [0.15, 0.2) is 47.0 Å². The van der Waals surface area contributed by atoms with E-state index in [0.717, 1.165) is 16.7 Å². The van der Waals surface area contributed by atoms with Crippen LogP contribution in [0.1, 0.15) is 30.5 Å². The summed E-state index contributed by atoms with van der Waals surface area (Å²) in [6.07, 6.45) is 1.11. The molecule has 3 aromatic rings. The summed E-state index contributed by atoms with van der Waals surface area (Å²) in [4.78, 5) is 15.5. The number of carbonyl (C=O) groups excluding carboxylic acids is 1. The maximum absolute atomic E-state index is 11.0. The first-order chi connectivity index (χ1) is 14.5. The third kappa shape index (κ3) is 4.96. The van der Waals surface area contributed by atoms with Crippen LogP contribution in [0, 0.1) is 11.3 Å². The Balaban J connectivity index is 0.00000272. The van der Waals surface area contributed by atoms with Crippen molar-refractivity contribution in [1.29, 1.82) is 5.26 Å². The van der Waals surface area contributed by atoms with Crippen molar-refractivity contribution in [3.63, 3.8) is 0 Å². The van der Waals surface area contributed by atoms with E-state index in [1.807, 2.05) is 26.0 Å². The van der Waals surface area contributed by atoms with Gasteiger partial charge in [0.1, 0.15) is 17.6 Å². The van der Waals surface area contributed by atoms with Crippen LogP contribution < -0.4 is 62.9 Å². The Morgan fingerprint density at radius 2 is 2.03 bits per heavy atom. The molecule has 1 aromatic heterocycles. The Kier molecular flexibility index (Phi) is 7.44. The number of rotatable bonds is 5. The van der Waals surface area contributed by atoms with Crippen molar-refractivity contribution in [2.24, 2.45) is 0 Å². The predicted molar refractivity (Wildman–Crippen MR) is 108 cm³/mol. The molecule has 0 bridgehead atoms. The Labute approximate surface area is 227 Å². The van der Waals surface area contributed by atoms with Crippen LogP contribution in [-0.4, -0.2) is 22.3 Å². The molecule has 0 saturated carbocycles. The molecule has 1 aliphatic carbocycles. The normalized spacial score (nSPS) is 11.9. The van der Waals surface area contributed by atoms with E-state index in [1.165, 1.54) is 0 Å². The van der Waals surface area contributed by atoms with Gasteiger partial charge in [-0.3, -0.25) is 4.79 Å². The first-order valence-corrected chi connectivity index (χ1v) is 9.27. The molecule has 1 heterocycles. The molecule has 1 aliphatic rings. The number of carbonyl (C=O) groups is 1. The van der Waals surface area contributed by atoms with E-state index in [-0.39, 0.29) is 70.2 Å². The second-order valence-corrected chi connectivity index (χ2v) is 6.91. The van der Waals surface area contributed by atoms with Gasteiger partial charge in [0.2, 0.25) is 11.9 Å². The smallest absolute Gasteiger partial charge is 0.631 e. The van der Waals surface area contributed by atoms with Gasteiger partial charge in [-0.25, -0.2) is 0 Å². The van der Waals surface area contributed by atoms with E-state index >= 15 is 0 Å². The van der Waals surface area contributed by atoms with Crippen LogP contribution in [0.4, 0.5) is 4.79 Å². The Hall–Kier alpha value is -2.31. The van der Waals surface area contributed by atoms with Gasteiger partial charge in [0.05, 0.1) is 11.7 Å². The van der Waals surface area contributed by atoms with E-state index in [0.29, 0.717) is 34.9 Å². The summed E-state index contributed by atoms with van der Waals surface area (Å²) in [6.45, 7) is 3.78. The number of fused-ring (bicyclic) bond motifs is 1. The molecule has 0 radical (unpaired) electrons. The Morgan fingerprint density at radius 3 is 2.74 bits per heavy atom. The summed E-state index contributed by atoms with van der Waals surface area (Å²) in [5.74, 6) is 1.52. The van der Waals surface area contributed by atoms with Crippen molar-refractivity contribution in [1.82, 2.24) is 10.1 Å². The molecular weight excluding hydrogens is 470 g/mol. The van der Waals surface area contributed by atoms with Crippen molar-refractivity contribution in [2.45, 2.75) is 26.4 Å². The summed E-state index contributed by atoms with van der Waals surface area (Å²) in [5, 5.41) is 13.5. The molecular formula is C22H17N4O4Rb. The van der Waals surface area contributed by atoms with Crippen molar-refractivity contribution >= 4 is 11.9 Å². The van der Waals surface area contributed by atoms with Crippen LogP contribution >= 0.6 is 0 Å². The molecule has 0 spiro atoms. The number of amides is 1. The zero-order valence-electron chi connectivity index (χ0n) is 17.3. The second kappa shape index (κ2) is 9.87. The standard InChI is InChI=1S/C22H18N4O4.Rb/c1-12(2)28-18-8-6-13(10-14(18)11-23)21-25-20(26-30-21)17-5-3-4-16-15(17)7-9-19(16)29-22(24)27;/h3-6,8-10,12H,7H2,1-2H3,(H2,24,27);/q;+1/p-1. The third-order valence-electron chi connectivity index (χ3n) is 4.51. The minimum absolute atomic E-state index is 0. The molecule has 4 rings (SSSR count). The van der Waals surface area contributed by atoms with Crippen LogP contribution in [0.3, 0.4) is 0 Å². The number of nitriles is 1. The number of hydrogen-bond acceptors (Lipinski definition) is 7. The zero-order valence-corrected chi connectivity index (χ0v) is 22.2. The number of benzene rings is 2. The molecule has 1 N–H and O–H groups in total. The summed E-state index contributed by atoms with van der Waals surface area (Å²) < 4.78 is 16.0. The van der Waals surface area contributed by atoms with E-state index in [4.69, 9.17) is 19.7 Å². The Bertz CT molecular complexity index is 1210. The average Bonchev–Trinajstić information content (AvgIpc) is 3.35. The average molecular weight is 487 g/mol. The molecule has 150 valence electrons. The molecule has 9 heteroatoms. The van der Waals surface area contributed by atoms with Crippen molar-refractivity contribution in [2.75, 3.05) is 0 Å². The number of allylic oxidation sites excluding steroid dienone is 1. The van der Waals surface area contributed by atoms with Gasteiger partial charge in [-0.1, -0.05) is 23.4 Å². The van der Waals surface area contributed by atoms with Gasteiger partial charge in [0, 0.05) is 16.7 Å². The van der Waals surface area contributed by atoms with Gasteiger partial charge in [-0.2, -0.15) is 10.2 Å². The summed E-state index contributed by atoms with van der Waals surface area (Å²) in [7, 11) is 0. The maximum atomic E-state index is 11.0. The predicted octanol–water partition coefficient (Wildman–Crippen LogP) is 2.15. The fraction of sp³-hybridized carbons (Fsp3) is 0.182. The fourth-order valence-electron chi connectivity index (χ4n) is 3.31. The van der Waals surface area contributed by atoms with E-state index in [2.05, 4.69) is 16.2 Å². The SMILES string of the molecule is CC(C)Oc1ccc(-c2nc(-c3cccc4c3CC=C4OC([NH-])=O)no2)cc1C#N.[Rb+]. The van der Waals surface area contributed by atoms with Crippen LogP contribution in [0.25, 0.3) is 34.3 Å². The second-order valence-electron chi connectivity index (χ2n) is 6.91. The fourth-order valence-corrected chi connectivity index (χ4v) is 3.31. The molecule has 1 amide bonds. The maximum Gasteiger partial charge on any atom is 1.00 e. The minimum atomic E-state index is -1.11. The van der Waals surface area contributed by atoms with Crippen molar-refractivity contribution < 1.29 is 77.0 Å². The topological polar surface area (TPSA) is 122 Å². The van der Waals surface area contributed by atoms with Gasteiger partial charge < -0.3 is 19.7 Å². The first-order valence-electron chi connectivity index (χ1n) is 9.27. The molecule has 0 aliphatic heterocycles. The van der Waals surface area contributed by atoms with Gasteiger partial charge in [0.15, 0.2) is 0 Å². The summed E-state index contributed by atoms with van der Waals surface area (Å²) in [5.41, 5.74) is 10.4. The minimum Gasteiger partial charge on any atom is -0.631 e. The number of ether oxygens (including phenoxy) is 2. The van der Waals surface area contributed by atoms with Crippen molar-refractivity contribution in [3.05, 3.63) is 64.9 Å². The van der Waals surface area contributed by atoms with Crippen molar-refractivity contribution in [3.8, 4) is 34.7 Å². The van der Waals surface area contributed by atoms with E-state index < -0.39 is 6.09 Å². The van der Waals surface area contributed by atoms with Gasteiger partial charge in [-0.15, -0.1) is 0 Å². The quantitative estimate of drug-likeness (QED) is 0.541. The summed E-state index contributed by atoms with van der Waals surface area (Å²) >= 11 is 0. The zero-order chi connectivity index (χ0) is 21.3. The van der Waals surface area contributed by atoms with Gasteiger partial charge >= 0.3 is 58.2 Å². The third-order valence-corrected chi connectivity index (χ3v) is 4.51. The molecule has 0 fully saturated rings. The number of nitrogens with zero attached hydrogens (tertiary/aromatic N) is 3. The van der Waals surface area contributed by atoms with Crippen LogP contribution in [0.5, 0.6) is 5.75 Å². The van der Waals surface area contributed by atoms with Crippen LogP contribution in [-0.2, 0) is 11.2 Å². The summed E-state index contributed by atoms with van der Waals surface area (Å²) in [6, 6.07) is 12.7.